The summed E-state index contributed by atoms with van der Waals surface area (Å²) in [6.07, 6.45) is 1.47. The van der Waals surface area contributed by atoms with E-state index in [2.05, 4.69) is 10.4 Å². The van der Waals surface area contributed by atoms with Gasteiger partial charge in [0, 0.05) is 23.4 Å². The number of ether oxygens (including phenoxy) is 2. The first-order valence-electron chi connectivity index (χ1n) is 6.73. The number of benzene rings is 1. The van der Waals surface area contributed by atoms with Crippen molar-refractivity contribution >= 4 is 17.7 Å². The van der Waals surface area contributed by atoms with E-state index in [0.717, 1.165) is 5.56 Å². The molecule has 0 aliphatic carbocycles. The number of aromatic nitrogens is 2. The minimum atomic E-state index is -1.01. The molecule has 8 nitrogen and oxygen atoms in total. The summed E-state index contributed by atoms with van der Waals surface area (Å²) in [6, 6.07) is 4.71. The fraction of sp³-hybridized carbons (Fsp3) is 0.267. The Kier molecular flexibility index (Phi) is 4.85. The Morgan fingerprint density at radius 2 is 1.87 bits per heavy atom. The number of aliphatic carboxylic acids is 1. The van der Waals surface area contributed by atoms with E-state index in [-0.39, 0.29) is 12.4 Å². The highest BCUT2D eigenvalue weighted by Gasteiger charge is 2.14. The third-order valence-corrected chi connectivity index (χ3v) is 3.19. The van der Waals surface area contributed by atoms with Gasteiger partial charge >= 0.3 is 5.97 Å². The van der Waals surface area contributed by atoms with E-state index in [9.17, 15) is 9.59 Å². The lowest BCUT2D eigenvalue weighted by Crippen LogP contribution is -2.14. The van der Waals surface area contributed by atoms with E-state index in [1.165, 1.54) is 31.2 Å². The molecule has 0 bridgehead atoms. The fourth-order valence-corrected chi connectivity index (χ4v) is 2.06. The Morgan fingerprint density at radius 3 is 2.39 bits per heavy atom. The molecule has 1 heterocycles. The second kappa shape index (κ2) is 6.82. The summed E-state index contributed by atoms with van der Waals surface area (Å²) in [5, 5.41) is 15.3. The zero-order valence-electron chi connectivity index (χ0n) is 13.0. The number of nitrogens with one attached hydrogen (secondary N) is 1. The van der Waals surface area contributed by atoms with Gasteiger partial charge in [0.2, 0.25) is 0 Å². The van der Waals surface area contributed by atoms with Crippen molar-refractivity contribution in [2.45, 2.75) is 13.5 Å². The van der Waals surface area contributed by atoms with Crippen molar-refractivity contribution < 1.29 is 24.2 Å². The number of nitrogens with zero attached hydrogens (tertiary/aromatic N) is 2. The standard InChI is InChI=1S/C15H17N3O5/c1-9-11(22-2)6-10(7-12(9)23-3)15(21)16-13-4-5-18(17-13)8-14(19)20/h4-7H,8H2,1-3H3,(H,19,20)(H,16,17,21). The SMILES string of the molecule is COc1cc(C(=O)Nc2ccn(CC(=O)O)n2)cc(OC)c1C. The van der Waals surface area contributed by atoms with E-state index < -0.39 is 11.9 Å². The molecule has 0 saturated carbocycles. The van der Waals surface area contributed by atoms with E-state index in [1.54, 1.807) is 12.1 Å². The fourth-order valence-electron chi connectivity index (χ4n) is 2.06. The van der Waals surface area contributed by atoms with Gasteiger partial charge in [-0.25, -0.2) is 0 Å². The van der Waals surface area contributed by atoms with Crippen LogP contribution in [-0.4, -0.2) is 41.0 Å². The Hall–Kier alpha value is -3.03. The van der Waals surface area contributed by atoms with Gasteiger partial charge in [-0.3, -0.25) is 14.3 Å². The second-order valence-electron chi connectivity index (χ2n) is 4.75. The third kappa shape index (κ3) is 3.79. The van der Waals surface area contributed by atoms with Crippen LogP contribution < -0.4 is 14.8 Å². The topological polar surface area (TPSA) is 103 Å². The molecule has 2 rings (SSSR count). The van der Waals surface area contributed by atoms with Crippen LogP contribution in [0.4, 0.5) is 5.82 Å². The number of hydrogen-bond acceptors (Lipinski definition) is 5. The molecule has 1 aromatic heterocycles. The maximum atomic E-state index is 12.3. The van der Waals surface area contributed by atoms with Crippen LogP contribution in [0.1, 0.15) is 15.9 Å². The van der Waals surface area contributed by atoms with Crippen molar-refractivity contribution in [3.05, 3.63) is 35.5 Å². The van der Waals surface area contributed by atoms with Gasteiger partial charge < -0.3 is 19.9 Å². The minimum absolute atomic E-state index is 0.259. The van der Waals surface area contributed by atoms with Crippen LogP contribution in [0.5, 0.6) is 11.5 Å². The van der Waals surface area contributed by atoms with E-state index in [1.807, 2.05) is 6.92 Å². The molecular formula is C15H17N3O5. The zero-order chi connectivity index (χ0) is 17.0. The van der Waals surface area contributed by atoms with Crippen molar-refractivity contribution in [2.24, 2.45) is 0 Å². The number of carboxylic acid groups (broad SMARTS) is 1. The molecule has 1 aromatic carbocycles. The second-order valence-corrected chi connectivity index (χ2v) is 4.75. The van der Waals surface area contributed by atoms with Gasteiger partial charge in [-0.1, -0.05) is 0 Å². The maximum absolute atomic E-state index is 12.3. The predicted octanol–water partition coefficient (Wildman–Crippen LogP) is 1.55. The summed E-state index contributed by atoms with van der Waals surface area (Å²) in [7, 11) is 3.02. The molecule has 23 heavy (non-hydrogen) atoms. The minimum Gasteiger partial charge on any atom is -0.496 e. The largest absolute Gasteiger partial charge is 0.496 e. The van der Waals surface area contributed by atoms with Gasteiger partial charge in [0.15, 0.2) is 5.82 Å². The average molecular weight is 319 g/mol. The van der Waals surface area contributed by atoms with Crippen molar-refractivity contribution in [3.63, 3.8) is 0 Å². The number of methoxy groups -OCH3 is 2. The van der Waals surface area contributed by atoms with Gasteiger partial charge in [0.1, 0.15) is 18.0 Å². The molecule has 0 aliphatic rings. The number of carbonyl (C=O) groups is 2. The Morgan fingerprint density at radius 1 is 1.26 bits per heavy atom. The lowest BCUT2D eigenvalue weighted by atomic mass is 10.1. The van der Waals surface area contributed by atoms with Crippen molar-refractivity contribution in [3.8, 4) is 11.5 Å². The first kappa shape index (κ1) is 16.3. The number of rotatable bonds is 6. The highest BCUT2D eigenvalue weighted by atomic mass is 16.5. The van der Waals surface area contributed by atoms with E-state index >= 15 is 0 Å². The smallest absolute Gasteiger partial charge is 0.325 e. The van der Waals surface area contributed by atoms with Gasteiger partial charge in [-0.05, 0) is 19.1 Å². The summed E-state index contributed by atoms with van der Waals surface area (Å²) >= 11 is 0. The first-order valence-corrected chi connectivity index (χ1v) is 6.73. The zero-order valence-corrected chi connectivity index (χ0v) is 13.0. The number of carboxylic acids is 1. The number of hydrogen-bond donors (Lipinski definition) is 2. The summed E-state index contributed by atoms with van der Waals surface area (Å²) in [6.45, 7) is 1.55. The van der Waals surface area contributed by atoms with Gasteiger partial charge in [-0.2, -0.15) is 5.10 Å². The third-order valence-electron chi connectivity index (χ3n) is 3.19. The van der Waals surface area contributed by atoms with Crippen LogP contribution >= 0.6 is 0 Å². The molecule has 1 amide bonds. The number of carbonyl (C=O) groups excluding carboxylic acids is 1. The van der Waals surface area contributed by atoms with Crippen LogP contribution in [0, 0.1) is 6.92 Å². The Bertz CT molecular complexity index is 713. The van der Waals surface area contributed by atoms with Crippen LogP contribution in [-0.2, 0) is 11.3 Å². The number of amides is 1. The van der Waals surface area contributed by atoms with Crippen molar-refractivity contribution in [2.75, 3.05) is 19.5 Å². The highest BCUT2D eigenvalue weighted by molar-refractivity contribution is 6.04. The van der Waals surface area contributed by atoms with Gasteiger partial charge in [0.05, 0.1) is 14.2 Å². The highest BCUT2D eigenvalue weighted by Crippen LogP contribution is 2.29. The van der Waals surface area contributed by atoms with Crippen LogP contribution in [0.15, 0.2) is 24.4 Å². The molecule has 122 valence electrons. The molecule has 0 saturated heterocycles. The summed E-state index contributed by atoms with van der Waals surface area (Å²) < 4.78 is 11.7. The van der Waals surface area contributed by atoms with Crippen molar-refractivity contribution in [1.82, 2.24) is 9.78 Å². The normalized spacial score (nSPS) is 10.2. The molecule has 8 heteroatoms. The molecule has 2 aromatic rings. The quantitative estimate of drug-likeness (QED) is 0.837. The predicted molar refractivity (Wildman–Crippen MR) is 82.1 cm³/mol. The summed E-state index contributed by atoms with van der Waals surface area (Å²) in [4.78, 5) is 22.9. The molecule has 0 aliphatic heterocycles. The van der Waals surface area contributed by atoms with Gasteiger partial charge in [0.25, 0.3) is 5.91 Å². The molecule has 0 radical (unpaired) electrons. The molecule has 2 N–H and O–H groups in total. The lowest BCUT2D eigenvalue weighted by Gasteiger charge is -2.12. The van der Waals surface area contributed by atoms with Gasteiger partial charge in [-0.15, -0.1) is 0 Å². The monoisotopic (exact) mass is 319 g/mol. The van der Waals surface area contributed by atoms with Crippen LogP contribution in [0.2, 0.25) is 0 Å². The Balaban J connectivity index is 2.20. The molecular weight excluding hydrogens is 302 g/mol. The average Bonchev–Trinajstić information content (AvgIpc) is 2.93. The summed E-state index contributed by atoms with van der Waals surface area (Å²) in [5.74, 6) is -0.0901. The molecule has 0 fully saturated rings. The Labute approximate surface area is 132 Å². The number of anilines is 1. The van der Waals surface area contributed by atoms with Crippen LogP contribution in [0.25, 0.3) is 0 Å². The summed E-state index contributed by atoms with van der Waals surface area (Å²) in [5.41, 5.74) is 1.13. The molecule has 0 unspecified atom stereocenters. The van der Waals surface area contributed by atoms with E-state index in [0.29, 0.717) is 17.1 Å². The van der Waals surface area contributed by atoms with E-state index in [4.69, 9.17) is 14.6 Å². The molecule has 0 spiro atoms. The van der Waals surface area contributed by atoms with Crippen molar-refractivity contribution in [1.29, 1.82) is 0 Å². The lowest BCUT2D eigenvalue weighted by molar-refractivity contribution is -0.137. The van der Waals surface area contributed by atoms with Crippen LogP contribution in [0.3, 0.4) is 0 Å². The molecule has 0 atom stereocenters. The maximum Gasteiger partial charge on any atom is 0.325 e. The first-order chi connectivity index (χ1) is 10.9.